The van der Waals surface area contributed by atoms with E-state index in [2.05, 4.69) is 32.9 Å². The second kappa shape index (κ2) is 7.74. The molecule has 6 nitrogen and oxygen atoms in total. The zero-order chi connectivity index (χ0) is 19.7. The van der Waals surface area contributed by atoms with Crippen LogP contribution in [0, 0.1) is 3.57 Å². The molecule has 0 saturated heterocycles. The molecule has 0 atom stereocenters. The van der Waals surface area contributed by atoms with E-state index in [-0.39, 0.29) is 4.90 Å². The lowest BCUT2D eigenvalue weighted by Gasteiger charge is -2.11. The predicted molar refractivity (Wildman–Crippen MR) is 121 cm³/mol. The standard InChI is InChI=1S/C19H15IN4O2S2/c20-13-5-8-16-15(10-13)18(24-19(23-16)17-2-1-9-27-17)22-11-12-3-6-14(7-4-12)28(21,25)26/h1-10H,11H2,(H2,21,25,26)(H,22,23,24). The minimum Gasteiger partial charge on any atom is -0.365 e. The minimum atomic E-state index is -3.69. The van der Waals surface area contributed by atoms with Gasteiger partial charge in [0.1, 0.15) is 5.82 Å². The molecule has 2 heterocycles. The van der Waals surface area contributed by atoms with Crippen molar-refractivity contribution in [2.45, 2.75) is 11.4 Å². The number of anilines is 1. The van der Waals surface area contributed by atoms with Crippen LogP contribution in [0.25, 0.3) is 21.6 Å². The number of sulfonamides is 1. The Bertz CT molecular complexity index is 1240. The molecule has 0 aliphatic rings. The zero-order valence-electron chi connectivity index (χ0n) is 14.5. The highest BCUT2D eigenvalue weighted by atomic mass is 127. The molecular formula is C19H15IN4O2S2. The van der Waals surface area contributed by atoms with Gasteiger partial charge in [-0.05, 0) is 69.9 Å². The van der Waals surface area contributed by atoms with Crippen LogP contribution in [0.3, 0.4) is 0 Å². The first kappa shape index (κ1) is 19.2. The molecule has 0 spiro atoms. The highest BCUT2D eigenvalue weighted by Crippen LogP contribution is 2.28. The Balaban J connectivity index is 1.68. The number of nitrogens with one attached hydrogen (secondary N) is 1. The quantitative estimate of drug-likeness (QED) is 0.383. The van der Waals surface area contributed by atoms with Gasteiger partial charge in [0.2, 0.25) is 10.0 Å². The number of hydrogen-bond acceptors (Lipinski definition) is 6. The summed E-state index contributed by atoms with van der Waals surface area (Å²) in [7, 11) is -3.69. The van der Waals surface area contributed by atoms with E-state index in [1.54, 1.807) is 23.5 Å². The van der Waals surface area contributed by atoms with E-state index < -0.39 is 10.0 Å². The van der Waals surface area contributed by atoms with Crippen molar-refractivity contribution < 1.29 is 8.42 Å². The van der Waals surface area contributed by atoms with Crippen LogP contribution < -0.4 is 10.5 Å². The summed E-state index contributed by atoms with van der Waals surface area (Å²) in [5, 5.41) is 11.4. The van der Waals surface area contributed by atoms with Crippen LogP contribution in [0.4, 0.5) is 5.82 Å². The summed E-state index contributed by atoms with van der Waals surface area (Å²) in [6.45, 7) is 0.492. The van der Waals surface area contributed by atoms with Gasteiger partial charge in [0, 0.05) is 15.5 Å². The molecule has 4 rings (SSSR count). The molecule has 142 valence electrons. The molecule has 0 bridgehead atoms. The first-order valence-corrected chi connectivity index (χ1v) is 11.8. The monoisotopic (exact) mass is 522 g/mol. The number of aromatic nitrogens is 2. The molecule has 0 fully saturated rings. The normalized spacial score (nSPS) is 11.6. The van der Waals surface area contributed by atoms with Crippen LogP contribution in [-0.2, 0) is 16.6 Å². The fraction of sp³-hybridized carbons (Fsp3) is 0.0526. The third-order valence-electron chi connectivity index (χ3n) is 4.11. The first-order valence-electron chi connectivity index (χ1n) is 8.27. The van der Waals surface area contributed by atoms with Crippen molar-refractivity contribution in [1.29, 1.82) is 0 Å². The number of hydrogen-bond donors (Lipinski definition) is 2. The summed E-state index contributed by atoms with van der Waals surface area (Å²) in [4.78, 5) is 10.5. The Morgan fingerprint density at radius 2 is 1.86 bits per heavy atom. The minimum absolute atomic E-state index is 0.0956. The van der Waals surface area contributed by atoms with Crippen molar-refractivity contribution in [2.24, 2.45) is 5.14 Å². The molecular weight excluding hydrogens is 507 g/mol. The average Bonchev–Trinajstić information content (AvgIpc) is 3.20. The van der Waals surface area contributed by atoms with Gasteiger partial charge in [-0.3, -0.25) is 0 Å². The second-order valence-corrected chi connectivity index (χ2v) is 9.83. The van der Waals surface area contributed by atoms with E-state index in [0.717, 1.165) is 30.7 Å². The summed E-state index contributed by atoms with van der Waals surface area (Å²) in [6, 6.07) is 16.5. The van der Waals surface area contributed by atoms with E-state index in [1.165, 1.54) is 12.1 Å². The molecule has 3 N–H and O–H groups in total. The van der Waals surface area contributed by atoms with E-state index in [1.807, 2.05) is 35.7 Å². The Kier molecular flexibility index (Phi) is 5.32. The van der Waals surface area contributed by atoms with Gasteiger partial charge in [0.25, 0.3) is 0 Å². The van der Waals surface area contributed by atoms with Gasteiger partial charge in [0.05, 0.1) is 15.3 Å². The Morgan fingerprint density at radius 1 is 1.07 bits per heavy atom. The van der Waals surface area contributed by atoms with Crippen LogP contribution in [-0.4, -0.2) is 18.4 Å². The van der Waals surface area contributed by atoms with Crippen molar-refractivity contribution >= 4 is 60.7 Å². The topological polar surface area (TPSA) is 98.0 Å². The van der Waals surface area contributed by atoms with Crippen molar-refractivity contribution in [3.63, 3.8) is 0 Å². The van der Waals surface area contributed by atoms with Crippen molar-refractivity contribution in [2.75, 3.05) is 5.32 Å². The molecule has 2 aromatic carbocycles. The molecule has 0 saturated carbocycles. The Morgan fingerprint density at radius 3 is 2.54 bits per heavy atom. The number of primary sulfonamides is 1. The molecule has 0 radical (unpaired) electrons. The number of fused-ring (bicyclic) bond motifs is 1. The molecule has 4 aromatic rings. The van der Waals surface area contributed by atoms with Crippen LogP contribution in [0.1, 0.15) is 5.56 Å². The number of rotatable bonds is 5. The maximum Gasteiger partial charge on any atom is 0.238 e. The SMILES string of the molecule is NS(=O)(=O)c1ccc(CNc2nc(-c3cccs3)nc3ccc(I)cc23)cc1. The summed E-state index contributed by atoms with van der Waals surface area (Å²) in [6.07, 6.45) is 0. The summed E-state index contributed by atoms with van der Waals surface area (Å²) >= 11 is 3.86. The van der Waals surface area contributed by atoms with Gasteiger partial charge < -0.3 is 5.32 Å². The smallest absolute Gasteiger partial charge is 0.238 e. The summed E-state index contributed by atoms with van der Waals surface area (Å²) in [5.41, 5.74) is 1.79. The number of thiophene rings is 1. The fourth-order valence-corrected chi connectivity index (χ4v) is 4.40. The molecule has 0 aliphatic carbocycles. The van der Waals surface area contributed by atoms with E-state index in [0.29, 0.717) is 12.4 Å². The lowest BCUT2D eigenvalue weighted by atomic mass is 10.2. The third-order valence-corrected chi connectivity index (χ3v) is 6.58. The van der Waals surface area contributed by atoms with Gasteiger partial charge in [-0.2, -0.15) is 0 Å². The zero-order valence-corrected chi connectivity index (χ0v) is 18.3. The lowest BCUT2D eigenvalue weighted by molar-refractivity contribution is 0.598. The van der Waals surface area contributed by atoms with Crippen molar-refractivity contribution in [3.8, 4) is 10.7 Å². The predicted octanol–water partition coefficient (Wildman–Crippen LogP) is 4.22. The van der Waals surface area contributed by atoms with Crippen LogP contribution in [0.15, 0.2) is 64.9 Å². The molecule has 0 amide bonds. The van der Waals surface area contributed by atoms with Gasteiger partial charge >= 0.3 is 0 Å². The highest BCUT2D eigenvalue weighted by molar-refractivity contribution is 14.1. The molecule has 0 aliphatic heterocycles. The number of benzene rings is 2. The van der Waals surface area contributed by atoms with E-state index in [4.69, 9.17) is 10.1 Å². The fourth-order valence-electron chi connectivity index (χ4n) is 2.73. The average molecular weight is 522 g/mol. The van der Waals surface area contributed by atoms with Gasteiger partial charge in [-0.15, -0.1) is 11.3 Å². The molecule has 9 heteroatoms. The molecule has 0 unspecified atom stereocenters. The van der Waals surface area contributed by atoms with E-state index >= 15 is 0 Å². The van der Waals surface area contributed by atoms with Crippen molar-refractivity contribution in [1.82, 2.24) is 9.97 Å². The van der Waals surface area contributed by atoms with Gasteiger partial charge in [0.15, 0.2) is 5.82 Å². The molecule has 28 heavy (non-hydrogen) atoms. The maximum atomic E-state index is 11.4. The maximum absolute atomic E-state index is 11.4. The van der Waals surface area contributed by atoms with Crippen LogP contribution in [0.2, 0.25) is 0 Å². The number of nitrogens with two attached hydrogens (primary N) is 1. The first-order chi connectivity index (χ1) is 13.4. The van der Waals surface area contributed by atoms with Gasteiger partial charge in [-0.1, -0.05) is 18.2 Å². The largest absolute Gasteiger partial charge is 0.365 e. The number of halogens is 1. The van der Waals surface area contributed by atoms with E-state index in [9.17, 15) is 8.42 Å². The Labute approximate surface area is 180 Å². The lowest BCUT2D eigenvalue weighted by Crippen LogP contribution is -2.12. The molecule has 2 aromatic heterocycles. The number of nitrogens with zero attached hydrogens (tertiary/aromatic N) is 2. The second-order valence-electron chi connectivity index (χ2n) is 6.08. The van der Waals surface area contributed by atoms with Crippen LogP contribution >= 0.6 is 33.9 Å². The van der Waals surface area contributed by atoms with Crippen LogP contribution in [0.5, 0.6) is 0 Å². The summed E-state index contributed by atoms with van der Waals surface area (Å²) in [5.74, 6) is 1.42. The van der Waals surface area contributed by atoms with Gasteiger partial charge in [-0.25, -0.2) is 23.5 Å². The third kappa shape index (κ3) is 4.17. The van der Waals surface area contributed by atoms with Crippen molar-refractivity contribution in [3.05, 3.63) is 69.1 Å². The highest BCUT2D eigenvalue weighted by Gasteiger charge is 2.11. The Hall–Kier alpha value is -2.08. The summed E-state index contributed by atoms with van der Waals surface area (Å²) < 4.78 is 23.9.